The summed E-state index contributed by atoms with van der Waals surface area (Å²) in [5.41, 5.74) is 5.27. The number of nitrogens with one attached hydrogen (secondary N) is 2. The van der Waals surface area contributed by atoms with E-state index in [9.17, 15) is 4.79 Å². The van der Waals surface area contributed by atoms with Crippen molar-refractivity contribution in [3.05, 3.63) is 101 Å². The topological polar surface area (TPSA) is 90.3 Å². The lowest BCUT2D eigenvalue weighted by atomic mass is 9.95. The highest BCUT2D eigenvalue weighted by Crippen LogP contribution is 2.37. The Labute approximate surface area is 232 Å². The molecule has 8 nitrogen and oxygen atoms in total. The van der Waals surface area contributed by atoms with E-state index < -0.39 is 6.04 Å². The minimum atomic E-state index is -0.476. The summed E-state index contributed by atoms with van der Waals surface area (Å²) in [6.07, 6.45) is 0. The molecule has 39 heavy (non-hydrogen) atoms. The third-order valence-corrected chi connectivity index (χ3v) is 7.29. The van der Waals surface area contributed by atoms with Crippen molar-refractivity contribution in [3.63, 3.8) is 0 Å². The number of ether oxygens (including phenoxy) is 2. The van der Waals surface area contributed by atoms with Crippen LogP contribution in [0.1, 0.15) is 36.6 Å². The van der Waals surface area contributed by atoms with Gasteiger partial charge < -0.3 is 20.1 Å². The van der Waals surface area contributed by atoms with Gasteiger partial charge in [0.05, 0.1) is 19.3 Å². The van der Waals surface area contributed by atoms with Gasteiger partial charge in [0.15, 0.2) is 0 Å². The van der Waals surface area contributed by atoms with Gasteiger partial charge in [-0.25, -0.2) is 4.68 Å². The summed E-state index contributed by atoms with van der Waals surface area (Å²) in [5, 5.41) is 11.8. The highest BCUT2D eigenvalue weighted by atomic mass is 32.2. The first kappa shape index (κ1) is 26.4. The first-order valence-electron chi connectivity index (χ1n) is 12.8. The maximum absolute atomic E-state index is 13.7. The van der Waals surface area contributed by atoms with E-state index in [4.69, 9.17) is 19.6 Å². The van der Waals surface area contributed by atoms with E-state index in [1.165, 1.54) is 11.1 Å². The molecule has 0 fully saturated rings. The summed E-state index contributed by atoms with van der Waals surface area (Å²) in [7, 11) is 1.61. The van der Waals surface area contributed by atoms with Crippen molar-refractivity contribution in [2.24, 2.45) is 0 Å². The molecule has 1 aliphatic heterocycles. The Morgan fingerprint density at radius 1 is 1.05 bits per heavy atom. The molecule has 2 heterocycles. The molecule has 5 rings (SSSR count). The quantitative estimate of drug-likeness (QED) is 0.243. The third kappa shape index (κ3) is 5.93. The Morgan fingerprint density at radius 3 is 2.49 bits per heavy atom. The molecular formula is C30H31N5O3S. The van der Waals surface area contributed by atoms with Crippen LogP contribution < -0.4 is 20.1 Å². The molecule has 3 aromatic carbocycles. The van der Waals surface area contributed by atoms with Crippen molar-refractivity contribution in [3.8, 4) is 11.5 Å². The summed E-state index contributed by atoms with van der Waals surface area (Å²) in [4.78, 5) is 18.5. The van der Waals surface area contributed by atoms with Crippen molar-refractivity contribution in [2.45, 2.75) is 37.7 Å². The lowest BCUT2D eigenvalue weighted by Gasteiger charge is -2.28. The summed E-state index contributed by atoms with van der Waals surface area (Å²) in [6.45, 7) is 6.50. The standard InChI is InChI=1S/C30H31N5O3S/c1-5-38-25-13-9-22(10-14-25)27-26(28(36)32-23-11-15-24(37-4)16-12-23)20(3)31-29-33-30(34-35(27)29)39-18-21-8-6-7-19(2)17-21/h6-17,27H,5,18H2,1-4H3,(H,32,36)(H,31,33,34). The number of hydrogen-bond donors (Lipinski definition) is 2. The predicted molar refractivity (Wildman–Crippen MR) is 154 cm³/mol. The van der Waals surface area contributed by atoms with Crippen LogP contribution in [0.3, 0.4) is 0 Å². The molecule has 1 atom stereocenters. The van der Waals surface area contributed by atoms with Crippen LogP contribution in [0.2, 0.25) is 0 Å². The minimum absolute atomic E-state index is 0.223. The second-order valence-corrected chi connectivity index (χ2v) is 10.1. The van der Waals surface area contributed by atoms with Crippen LogP contribution >= 0.6 is 11.8 Å². The Kier molecular flexibility index (Phi) is 7.88. The summed E-state index contributed by atoms with van der Waals surface area (Å²) >= 11 is 1.56. The van der Waals surface area contributed by atoms with Gasteiger partial charge in [-0.2, -0.15) is 4.98 Å². The van der Waals surface area contributed by atoms with Crippen LogP contribution in [0.5, 0.6) is 11.5 Å². The SMILES string of the molecule is CCOc1ccc(C2C(C(=O)Nc3ccc(OC)cc3)=C(C)Nc3nc(SCc4cccc(C)c4)nn32)cc1. The first-order chi connectivity index (χ1) is 18.9. The molecule has 1 amide bonds. The number of anilines is 2. The molecular weight excluding hydrogens is 510 g/mol. The number of amides is 1. The number of rotatable bonds is 9. The molecule has 1 aliphatic rings. The predicted octanol–water partition coefficient (Wildman–Crippen LogP) is 6.21. The maximum Gasteiger partial charge on any atom is 0.255 e. The molecule has 0 saturated heterocycles. The normalized spacial score (nSPS) is 14.4. The van der Waals surface area contributed by atoms with Gasteiger partial charge in [0.25, 0.3) is 5.91 Å². The van der Waals surface area contributed by atoms with Crippen molar-refractivity contribution in [1.29, 1.82) is 0 Å². The van der Waals surface area contributed by atoms with Crippen molar-refractivity contribution in [2.75, 3.05) is 24.4 Å². The van der Waals surface area contributed by atoms with Gasteiger partial charge in [-0.3, -0.25) is 4.79 Å². The molecule has 0 radical (unpaired) electrons. The number of carbonyl (C=O) groups is 1. The van der Waals surface area contributed by atoms with Crippen LogP contribution in [-0.4, -0.2) is 34.4 Å². The second-order valence-electron chi connectivity index (χ2n) is 9.19. The number of methoxy groups -OCH3 is 1. The smallest absolute Gasteiger partial charge is 0.255 e. The first-order valence-corrected chi connectivity index (χ1v) is 13.7. The molecule has 0 spiro atoms. The minimum Gasteiger partial charge on any atom is -0.497 e. The number of hydrogen-bond acceptors (Lipinski definition) is 7. The van der Waals surface area contributed by atoms with Crippen LogP contribution in [0.15, 0.2) is 89.2 Å². The molecule has 0 bridgehead atoms. The van der Waals surface area contributed by atoms with Crippen LogP contribution in [-0.2, 0) is 10.5 Å². The van der Waals surface area contributed by atoms with Gasteiger partial charge in [-0.1, -0.05) is 53.7 Å². The van der Waals surface area contributed by atoms with E-state index >= 15 is 0 Å². The summed E-state index contributed by atoms with van der Waals surface area (Å²) in [5.74, 6) is 2.61. The lowest BCUT2D eigenvalue weighted by Crippen LogP contribution is -2.31. The zero-order valence-electron chi connectivity index (χ0n) is 22.4. The average Bonchev–Trinajstić information content (AvgIpc) is 3.34. The molecule has 200 valence electrons. The summed E-state index contributed by atoms with van der Waals surface area (Å²) in [6, 6.07) is 23.0. The van der Waals surface area contributed by atoms with Gasteiger partial charge in [0, 0.05) is 17.1 Å². The molecule has 0 saturated carbocycles. The van der Waals surface area contributed by atoms with E-state index in [2.05, 4.69) is 41.8 Å². The monoisotopic (exact) mass is 541 g/mol. The lowest BCUT2D eigenvalue weighted by molar-refractivity contribution is -0.113. The van der Waals surface area contributed by atoms with E-state index in [0.29, 0.717) is 29.0 Å². The fourth-order valence-electron chi connectivity index (χ4n) is 4.53. The van der Waals surface area contributed by atoms with E-state index in [0.717, 1.165) is 28.5 Å². The number of nitrogens with zero attached hydrogens (tertiary/aromatic N) is 3. The molecule has 2 N–H and O–H groups in total. The van der Waals surface area contributed by atoms with Gasteiger partial charge in [-0.15, -0.1) is 5.10 Å². The number of allylic oxidation sites excluding steroid dienone is 1. The average molecular weight is 542 g/mol. The number of benzene rings is 3. The van der Waals surface area contributed by atoms with Crippen molar-refractivity contribution >= 4 is 29.3 Å². The molecule has 0 aliphatic carbocycles. The van der Waals surface area contributed by atoms with Gasteiger partial charge in [0.1, 0.15) is 17.5 Å². The largest absolute Gasteiger partial charge is 0.497 e. The Bertz CT molecular complexity index is 1500. The number of aromatic nitrogens is 3. The highest BCUT2D eigenvalue weighted by molar-refractivity contribution is 7.98. The number of fused-ring (bicyclic) bond motifs is 1. The molecule has 1 aromatic heterocycles. The molecule has 4 aromatic rings. The fourth-order valence-corrected chi connectivity index (χ4v) is 5.30. The van der Waals surface area contributed by atoms with Crippen LogP contribution in [0.25, 0.3) is 0 Å². The molecule has 9 heteroatoms. The number of carbonyl (C=O) groups excluding carboxylic acids is 1. The zero-order chi connectivity index (χ0) is 27.4. The molecule has 1 unspecified atom stereocenters. The Balaban J connectivity index is 1.47. The van der Waals surface area contributed by atoms with E-state index in [1.54, 1.807) is 23.6 Å². The summed E-state index contributed by atoms with van der Waals surface area (Å²) < 4.78 is 12.7. The van der Waals surface area contributed by atoms with Crippen LogP contribution in [0, 0.1) is 6.92 Å². The van der Waals surface area contributed by atoms with Crippen molar-refractivity contribution < 1.29 is 14.3 Å². The van der Waals surface area contributed by atoms with Gasteiger partial charge >= 0.3 is 0 Å². The Hall–Kier alpha value is -4.24. The second kappa shape index (κ2) is 11.7. The zero-order valence-corrected chi connectivity index (χ0v) is 23.2. The number of aryl methyl sites for hydroxylation is 1. The highest BCUT2D eigenvalue weighted by Gasteiger charge is 2.34. The Morgan fingerprint density at radius 2 is 1.79 bits per heavy atom. The van der Waals surface area contributed by atoms with Crippen LogP contribution in [0.4, 0.5) is 11.6 Å². The van der Waals surface area contributed by atoms with Gasteiger partial charge in [0.2, 0.25) is 11.1 Å². The third-order valence-electron chi connectivity index (χ3n) is 6.38. The van der Waals surface area contributed by atoms with E-state index in [1.807, 2.05) is 62.4 Å². The fraction of sp³-hybridized carbons (Fsp3) is 0.233. The number of thioether (sulfide) groups is 1. The maximum atomic E-state index is 13.7. The van der Waals surface area contributed by atoms with E-state index in [-0.39, 0.29) is 5.91 Å². The van der Waals surface area contributed by atoms with Crippen molar-refractivity contribution in [1.82, 2.24) is 14.8 Å². The van der Waals surface area contributed by atoms with Gasteiger partial charge in [-0.05, 0) is 68.3 Å².